The van der Waals surface area contributed by atoms with E-state index in [0.29, 0.717) is 6.61 Å². The summed E-state index contributed by atoms with van der Waals surface area (Å²) in [5.74, 6) is 0. The van der Waals surface area contributed by atoms with Crippen molar-refractivity contribution in [3.05, 3.63) is 35.9 Å². The standard InChI is InChI=1S/C16H20O5/c1-2-14-18-12-8-11-13(20-16(12)21-14)9-17-15(19-11)10-6-4-3-5-7-10/h3-7,11-16H,2,8-9H2,1H3/t11-,12+,13+,14?,15?,16+/m0/s1. The van der Waals surface area contributed by atoms with E-state index < -0.39 is 0 Å². The van der Waals surface area contributed by atoms with Crippen LogP contribution in [0.25, 0.3) is 0 Å². The minimum Gasteiger partial charge on any atom is -0.346 e. The Bertz CT molecular complexity index is 479. The summed E-state index contributed by atoms with van der Waals surface area (Å²) >= 11 is 0. The first-order valence-electron chi connectivity index (χ1n) is 7.62. The lowest BCUT2D eigenvalue weighted by Gasteiger charge is -2.42. The lowest BCUT2D eigenvalue weighted by Crippen LogP contribution is -2.52. The summed E-state index contributed by atoms with van der Waals surface area (Å²) in [7, 11) is 0. The highest BCUT2D eigenvalue weighted by Crippen LogP contribution is 2.38. The van der Waals surface area contributed by atoms with E-state index in [9.17, 15) is 0 Å². The molecule has 0 aromatic heterocycles. The first-order chi connectivity index (χ1) is 10.3. The molecule has 5 heteroatoms. The molecule has 1 aromatic carbocycles. The molecule has 0 radical (unpaired) electrons. The van der Waals surface area contributed by atoms with E-state index >= 15 is 0 Å². The normalized spacial score (nSPS) is 42.3. The molecule has 3 aliphatic rings. The Labute approximate surface area is 124 Å². The SMILES string of the molecule is CCC1O[C@H]2O[C@@H]3COC(c4ccccc4)O[C@H]3C[C@H]2O1. The van der Waals surface area contributed by atoms with Gasteiger partial charge in [-0.25, -0.2) is 0 Å². The van der Waals surface area contributed by atoms with Gasteiger partial charge in [0.1, 0.15) is 12.2 Å². The van der Waals surface area contributed by atoms with Crippen LogP contribution in [0.15, 0.2) is 30.3 Å². The summed E-state index contributed by atoms with van der Waals surface area (Å²) in [6.07, 6.45) is 0.730. The molecule has 0 bridgehead atoms. The van der Waals surface area contributed by atoms with Crippen molar-refractivity contribution in [2.24, 2.45) is 0 Å². The zero-order chi connectivity index (χ0) is 14.2. The van der Waals surface area contributed by atoms with Crippen LogP contribution in [-0.2, 0) is 23.7 Å². The number of hydrogen-bond acceptors (Lipinski definition) is 5. The maximum Gasteiger partial charge on any atom is 0.187 e. The Morgan fingerprint density at radius 2 is 1.81 bits per heavy atom. The van der Waals surface area contributed by atoms with Gasteiger partial charge in [0.15, 0.2) is 18.9 Å². The highest BCUT2D eigenvalue weighted by molar-refractivity contribution is 5.16. The van der Waals surface area contributed by atoms with Crippen molar-refractivity contribution >= 4 is 0 Å². The van der Waals surface area contributed by atoms with Crippen molar-refractivity contribution < 1.29 is 23.7 Å². The molecular weight excluding hydrogens is 272 g/mol. The highest BCUT2D eigenvalue weighted by Gasteiger charge is 2.48. The molecule has 3 heterocycles. The molecule has 6 atom stereocenters. The molecule has 21 heavy (non-hydrogen) atoms. The second kappa shape index (κ2) is 5.66. The average molecular weight is 292 g/mol. The van der Waals surface area contributed by atoms with Crippen LogP contribution in [-0.4, -0.2) is 37.5 Å². The molecule has 4 rings (SSSR count). The summed E-state index contributed by atoms with van der Waals surface area (Å²) in [6, 6.07) is 9.99. The van der Waals surface area contributed by atoms with Crippen molar-refractivity contribution in [2.75, 3.05) is 6.61 Å². The summed E-state index contributed by atoms with van der Waals surface area (Å²) < 4.78 is 29.4. The van der Waals surface area contributed by atoms with Gasteiger partial charge in [0.05, 0.1) is 12.7 Å². The van der Waals surface area contributed by atoms with Gasteiger partial charge in [-0.2, -0.15) is 0 Å². The van der Waals surface area contributed by atoms with Crippen LogP contribution in [0.3, 0.4) is 0 Å². The average Bonchev–Trinajstić information content (AvgIpc) is 2.95. The molecular formula is C16H20O5. The molecule has 0 aliphatic carbocycles. The van der Waals surface area contributed by atoms with Gasteiger partial charge in [-0.15, -0.1) is 0 Å². The fraction of sp³-hybridized carbons (Fsp3) is 0.625. The van der Waals surface area contributed by atoms with E-state index in [1.165, 1.54) is 0 Å². The van der Waals surface area contributed by atoms with E-state index in [0.717, 1.165) is 18.4 Å². The molecule has 0 amide bonds. The van der Waals surface area contributed by atoms with Gasteiger partial charge in [0, 0.05) is 12.0 Å². The second-order valence-corrected chi connectivity index (χ2v) is 5.68. The Kier molecular flexibility index (Phi) is 3.69. The molecule has 2 unspecified atom stereocenters. The third kappa shape index (κ3) is 2.60. The number of benzene rings is 1. The van der Waals surface area contributed by atoms with Gasteiger partial charge < -0.3 is 23.7 Å². The molecule has 114 valence electrons. The Hall–Kier alpha value is -0.980. The first kappa shape index (κ1) is 13.7. The molecule has 3 saturated heterocycles. The highest BCUT2D eigenvalue weighted by atomic mass is 16.8. The molecule has 0 saturated carbocycles. The van der Waals surface area contributed by atoms with Gasteiger partial charge in [-0.1, -0.05) is 37.3 Å². The van der Waals surface area contributed by atoms with Gasteiger partial charge >= 0.3 is 0 Å². The Balaban J connectivity index is 1.44. The molecule has 0 N–H and O–H groups in total. The minimum absolute atomic E-state index is 0.00980. The van der Waals surface area contributed by atoms with E-state index in [2.05, 4.69) is 0 Å². The lowest BCUT2D eigenvalue weighted by atomic mass is 10.0. The van der Waals surface area contributed by atoms with Crippen LogP contribution in [0.4, 0.5) is 0 Å². The van der Waals surface area contributed by atoms with E-state index in [4.69, 9.17) is 23.7 Å². The minimum atomic E-state index is -0.322. The van der Waals surface area contributed by atoms with Gasteiger partial charge in [-0.05, 0) is 6.42 Å². The van der Waals surface area contributed by atoms with E-state index in [-0.39, 0.29) is 37.2 Å². The predicted molar refractivity (Wildman–Crippen MR) is 73.3 cm³/mol. The van der Waals surface area contributed by atoms with Crippen LogP contribution < -0.4 is 0 Å². The van der Waals surface area contributed by atoms with Crippen molar-refractivity contribution in [1.82, 2.24) is 0 Å². The molecule has 0 spiro atoms. The third-order valence-corrected chi connectivity index (χ3v) is 4.22. The zero-order valence-corrected chi connectivity index (χ0v) is 12.0. The summed E-state index contributed by atoms with van der Waals surface area (Å²) in [6.45, 7) is 2.56. The van der Waals surface area contributed by atoms with Crippen LogP contribution in [0.5, 0.6) is 0 Å². The fourth-order valence-electron chi connectivity index (χ4n) is 3.10. The van der Waals surface area contributed by atoms with Crippen LogP contribution in [0.1, 0.15) is 31.6 Å². The maximum absolute atomic E-state index is 6.07. The first-order valence-corrected chi connectivity index (χ1v) is 7.62. The number of rotatable bonds is 2. The molecule has 5 nitrogen and oxygen atoms in total. The topological polar surface area (TPSA) is 46.2 Å². The fourth-order valence-corrected chi connectivity index (χ4v) is 3.10. The van der Waals surface area contributed by atoms with Crippen LogP contribution in [0.2, 0.25) is 0 Å². The van der Waals surface area contributed by atoms with Gasteiger partial charge in [0.25, 0.3) is 0 Å². The maximum atomic E-state index is 6.07. The zero-order valence-electron chi connectivity index (χ0n) is 12.0. The third-order valence-electron chi connectivity index (χ3n) is 4.22. The van der Waals surface area contributed by atoms with E-state index in [1.807, 2.05) is 37.3 Å². The molecule has 1 aromatic rings. The van der Waals surface area contributed by atoms with Crippen LogP contribution in [0, 0.1) is 0 Å². The Morgan fingerprint density at radius 1 is 0.952 bits per heavy atom. The summed E-state index contributed by atoms with van der Waals surface area (Å²) in [4.78, 5) is 0. The van der Waals surface area contributed by atoms with Crippen molar-refractivity contribution in [2.45, 2.75) is 56.9 Å². The summed E-state index contributed by atoms with van der Waals surface area (Å²) in [5, 5.41) is 0. The van der Waals surface area contributed by atoms with Crippen LogP contribution >= 0.6 is 0 Å². The van der Waals surface area contributed by atoms with Crippen molar-refractivity contribution in [3.63, 3.8) is 0 Å². The number of ether oxygens (including phenoxy) is 5. The smallest absolute Gasteiger partial charge is 0.187 e. The largest absolute Gasteiger partial charge is 0.346 e. The van der Waals surface area contributed by atoms with Gasteiger partial charge in [-0.3, -0.25) is 0 Å². The van der Waals surface area contributed by atoms with Crippen molar-refractivity contribution in [3.8, 4) is 0 Å². The van der Waals surface area contributed by atoms with Crippen molar-refractivity contribution in [1.29, 1.82) is 0 Å². The quantitative estimate of drug-likeness (QED) is 0.837. The number of hydrogen-bond donors (Lipinski definition) is 0. The molecule has 3 aliphatic heterocycles. The monoisotopic (exact) mass is 292 g/mol. The predicted octanol–water partition coefficient (Wildman–Crippen LogP) is 2.37. The lowest BCUT2D eigenvalue weighted by molar-refractivity contribution is -0.314. The molecule has 3 fully saturated rings. The number of fused-ring (bicyclic) bond motifs is 2. The summed E-state index contributed by atoms with van der Waals surface area (Å²) in [5.41, 5.74) is 1.04. The second-order valence-electron chi connectivity index (χ2n) is 5.68. The van der Waals surface area contributed by atoms with Gasteiger partial charge in [0.2, 0.25) is 0 Å². The van der Waals surface area contributed by atoms with E-state index in [1.54, 1.807) is 0 Å². The Morgan fingerprint density at radius 3 is 2.62 bits per heavy atom.